The van der Waals surface area contributed by atoms with Gasteiger partial charge in [-0.15, -0.1) is 0 Å². The van der Waals surface area contributed by atoms with Gasteiger partial charge in [0.05, 0.1) is 11.6 Å². The Labute approximate surface area is 117 Å². The lowest BCUT2D eigenvalue weighted by atomic mass is 10.0. The van der Waals surface area contributed by atoms with Crippen LogP contribution in [-0.4, -0.2) is 34.5 Å². The number of carboxylic acid groups (broad SMARTS) is 1. The number of benzene rings is 1. The molecule has 1 atom stereocenters. The molecule has 0 unspecified atom stereocenters. The molecule has 2 aliphatic rings. The second-order valence-electron chi connectivity index (χ2n) is 5.49. The Balaban J connectivity index is 1.73. The van der Waals surface area contributed by atoms with Gasteiger partial charge in [-0.05, 0) is 42.6 Å². The smallest absolute Gasteiger partial charge is 0.335 e. The SMILES string of the molecule is O=C(O)c1ccc2c(c1)CN(C(=O)[C@H]1CCCCN1)C2. The first-order valence-corrected chi connectivity index (χ1v) is 7.02. The maximum absolute atomic E-state index is 12.4. The quantitative estimate of drug-likeness (QED) is 0.854. The summed E-state index contributed by atoms with van der Waals surface area (Å²) in [5.41, 5.74) is 2.29. The van der Waals surface area contributed by atoms with E-state index in [4.69, 9.17) is 5.11 Å². The van der Waals surface area contributed by atoms with Crippen molar-refractivity contribution in [3.63, 3.8) is 0 Å². The summed E-state index contributed by atoms with van der Waals surface area (Å²) in [5, 5.41) is 12.3. The van der Waals surface area contributed by atoms with Gasteiger partial charge in [0.2, 0.25) is 5.91 Å². The second-order valence-corrected chi connectivity index (χ2v) is 5.49. The monoisotopic (exact) mass is 274 g/mol. The minimum Gasteiger partial charge on any atom is -0.478 e. The van der Waals surface area contributed by atoms with Gasteiger partial charge in [0.1, 0.15) is 0 Å². The highest BCUT2D eigenvalue weighted by Crippen LogP contribution is 2.25. The van der Waals surface area contributed by atoms with E-state index >= 15 is 0 Å². The largest absolute Gasteiger partial charge is 0.478 e. The van der Waals surface area contributed by atoms with Crippen LogP contribution in [0.5, 0.6) is 0 Å². The number of carbonyl (C=O) groups is 2. The van der Waals surface area contributed by atoms with E-state index in [-0.39, 0.29) is 17.5 Å². The number of hydrogen-bond donors (Lipinski definition) is 2. The van der Waals surface area contributed by atoms with E-state index in [0.717, 1.165) is 36.9 Å². The van der Waals surface area contributed by atoms with Crippen molar-refractivity contribution in [2.45, 2.75) is 38.4 Å². The number of piperidine rings is 1. The third-order valence-corrected chi connectivity index (χ3v) is 4.10. The van der Waals surface area contributed by atoms with Crippen molar-refractivity contribution >= 4 is 11.9 Å². The summed E-state index contributed by atoms with van der Waals surface area (Å²) in [6.07, 6.45) is 3.12. The molecule has 0 saturated carbocycles. The minimum atomic E-state index is -0.925. The predicted octanol–water partition coefficient (Wildman–Crippen LogP) is 1.37. The number of carbonyl (C=O) groups excluding carboxylic acids is 1. The molecular formula is C15H18N2O3. The fourth-order valence-corrected chi connectivity index (χ4v) is 2.97. The van der Waals surface area contributed by atoms with E-state index in [1.54, 1.807) is 12.1 Å². The van der Waals surface area contributed by atoms with Crippen molar-refractivity contribution < 1.29 is 14.7 Å². The highest BCUT2D eigenvalue weighted by atomic mass is 16.4. The molecule has 1 aromatic carbocycles. The minimum absolute atomic E-state index is 0.0722. The Bertz CT molecular complexity index is 550. The highest BCUT2D eigenvalue weighted by Gasteiger charge is 2.30. The fraction of sp³-hybridized carbons (Fsp3) is 0.467. The first-order chi connectivity index (χ1) is 9.65. The standard InChI is InChI=1S/C15H18N2O3/c18-14(13-3-1-2-6-16-13)17-8-11-5-4-10(15(19)20)7-12(11)9-17/h4-5,7,13,16H,1-3,6,8-9H2,(H,19,20)/t13-/m1/s1. The van der Waals surface area contributed by atoms with E-state index in [1.807, 2.05) is 11.0 Å². The van der Waals surface area contributed by atoms with Gasteiger partial charge in [-0.3, -0.25) is 4.79 Å². The molecule has 2 heterocycles. The zero-order chi connectivity index (χ0) is 14.1. The van der Waals surface area contributed by atoms with Crippen molar-refractivity contribution in [1.29, 1.82) is 0 Å². The van der Waals surface area contributed by atoms with Crippen LogP contribution in [0, 0.1) is 0 Å². The molecule has 5 nitrogen and oxygen atoms in total. The molecule has 0 spiro atoms. The Kier molecular flexibility index (Phi) is 3.44. The van der Waals surface area contributed by atoms with Crippen LogP contribution in [0.4, 0.5) is 0 Å². The van der Waals surface area contributed by atoms with E-state index in [1.165, 1.54) is 0 Å². The molecule has 1 aromatic rings. The number of hydrogen-bond acceptors (Lipinski definition) is 3. The lowest BCUT2D eigenvalue weighted by molar-refractivity contribution is -0.134. The van der Waals surface area contributed by atoms with Gasteiger partial charge in [0, 0.05) is 13.1 Å². The predicted molar refractivity (Wildman–Crippen MR) is 73.3 cm³/mol. The summed E-state index contributed by atoms with van der Waals surface area (Å²) in [4.78, 5) is 25.2. The van der Waals surface area contributed by atoms with Crippen molar-refractivity contribution in [1.82, 2.24) is 10.2 Å². The summed E-state index contributed by atoms with van der Waals surface area (Å²) in [5.74, 6) is -0.788. The number of amides is 1. The lowest BCUT2D eigenvalue weighted by Crippen LogP contribution is -2.46. The van der Waals surface area contributed by atoms with Gasteiger partial charge in [0.15, 0.2) is 0 Å². The van der Waals surface area contributed by atoms with E-state index in [9.17, 15) is 9.59 Å². The number of nitrogens with zero attached hydrogens (tertiary/aromatic N) is 1. The highest BCUT2D eigenvalue weighted by molar-refractivity contribution is 5.88. The third kappa shape index (κ3) is 2.41. The van der Waals surface area contributed by atoms with E-state index in [2.05, 4.69) is 5.32 Å². The molecular weight excluding hydrogens is 256 g/mol. The van der Waals surface area contributed by atoms with Crippen LogP contribution in [0.25, 0.3) is 0 Å². The number of nitrogens with one attached hydrogen (secondary N) is 1. The maximum atomic E-state index is 12.4. The summed E-state index contributed by atoms with van der Waals surface area (Å²) in [6.45, 7) is 2.01. The number of fused-ring (bicyclic) bond motifs is 1. The molecule has 5 heteroatoms. The van der Waals surface area contributed by atoms with Crippen molar-refractivity contribution in [3.05, 3.63) is 34.9 Å². The molecule has 2 N–H and O–H groups in total. The van der Waals surface area contributed by atoms with Crippen LogP contribution in [0.3, 0.4) is 0 Å². The molecule has 106 valence electrons. The molecule has 0 aliphatic carbocycles. The van der Waals surface area contributed by atoms with Gasteiger partial charge in [-0.1, -0.05) is 12.5 Å². The van der Waals surface area contributed by atoms with Crippen molar-refractivity contribution in [2.24, 2.45) is 0 Å². The third-order valence-electron chi connectivity index (χ3n) is 4.10. The molecule has 2 aliphatic heterocycles. The Hall–Kier alpha value is -1.88. The first kappa shape index (κ1) is 13.1. The maximum Gasteiger partial charge on any atom is 0.335 e. The van der Waals surface area contributed by atoms with Gasteiger partial charge in [-0.25, -0.2) is 4.79 Å². The second kappa shape index (κ2) is 5.25. The summed E-state index contributed by atoms with van der Waals surface area (Å²) < 4.78 is 0. The van der Waals surface area contributed by atoms with Crippen LogP contribution in [0.15, 0.2) is 18.2 Å². The Morgan fingerprint density at radius 1 is 1.20 bits per heavy atom. The normalized spacial score (nSPS) is 21.6. The topological polar surface area (TPSA) is 69.6 Å². The molecule has 0 aromatic heterocycles. The van der Waals surface area contributed by atoms with Crippen LogP contribution < -0.4 is 5.32 Å². The number of rotatable bonds is 2. The van der Waals surface area contributed by atoms with Crippen LogP contribution in [-0.2, 0) is 17.9 Å². The van der Waals surface area contributed by atoms with Crippen molar-refractivity contribution in [3.8, 4) is 0 Å². The average Bonchev–Trinajstić information content (AvgIpc) is 2.90. The number of aromatic carboxylic acids is 1. The Morgan fingerprint density at radius 3 is 2.70 bits per heavy atom. The Morgan fingerprint density at radius 2 is 2.00 bits per heavy atom. The molecule has 1 amide bonds. The van der Waals surface area contributed by atoms with E-state index < -0.39 is 5.97 Å². The van der Waals surface area contributed by atoms with Gasteiger partial charge < -0.3 is 15.3 Å². The first-order valence-electron chi connectivity index (χ1n) is 7.02. The molecule has 1 saturated heterocycles. The zero-order valence-electron chi connectivity index (χ0n) is 11.3. The zero-order valence-corrected chi connectivity index (χ0v) is 11.3. The molecule has 1 fully saturated rings. The molecule has 20 heavy (non-hydrogen) atoms. The molecule has 0 bridgehead atoms. The van der Waals surface area contributed by atoms with Crippen molar-refractivity contribution in [2.75, 3.05) is 6.54 Å². The van der Waals surface area contributed by atoms with Gasteiger partial charge in [0.25, 0.3) is 0 Å². The average molecular weight is 274 g/mol. The molecule has 0 radical (unpaired) electrons. The van der Waals surface area contributed by atoms with Gasteiger partial charge >= 0.3 is 5.97 Å². The fourth-order valence-electron chi connectivity index (χ4n) is 2.97. The van der Waals surface area contributed by atoms with E-state index in [0.29, 0.717) is 13.1 Å². The molecule has 3 rings (SSSR count). The summed E-state index contributed by atoms with van der Waals surface area (Å²) in [7, 11) is 0. The lowest BCUT2D eigenvalue weighted by Gasteiger charge is -2.27. The van der Waals surface area contributed by atoms with Gasteiger partial charge in [-0.2, -0.15) is 0 Å². The van der Waals surface area contributed by atoms with Crippen LogP contribution >= 0.6 is 0 Å². The van der Waals surface area contributed by atoms with Crippen LogP contribution in [0.1, 0.15) is 40.7 Å². The summed E-state index contributed by atoms with van der Waals surface area (Å²) in [6, 6.07) is 5.03. The van der Waals surface area contributed by atoms with Crippen LogP contribution in [0.2, 0.25) is 0 Å². The summed E-state index contributed by atoms with van der Waals surface area (Å²) >= 11 is 0. The number of carboxylic acids is 1.